The number of halogens is 3. The van der Waals surface area contributed by atoms with E-state index in [9.17, 15) is 13.2 Å². The standard InChI is InChI=1S/C20H13F3N2/c21-20(22,23)16-6-2-1-5-15(16)13-9-11-14(12-10-13)19-24-17-7-3-4-8-18(17)25-19/h1-12H,(H,24,25). The van der Waals surface area contributed by atoms with Crippen LogP contribution >= 0.6 is 0 Å². The molecule has 1 heterocycles. The first kappa shape index (κ1) is 15.4. The number of para-hydroxylation sites is 2. The molecule has 0 saturated carbocycles. The predicted molar refractivity (Wildman–Crippen MR) is 92.0 cm³/mol. The Hall–Kier alpha value is -3.08. The van der Waals surface area contributed by atoms with Gasteiger partial charge in [0, 0.05) is 5.56 Å². The quantitative estimate of drug-likeness (QED) is 0.483. The van der Waals surface area contributed by atoms with E-state index < -0.39 is 11.7 Å². The van der Waals surface area contributed by atoms with Crippen LogP contribution in [0.15, 0.2) is 72.8 Å². The zero-order valence-electron chi connectivity index (χ0n) is 13.0. The second-order valence-electron chi connectivity index (χ2n) is 5.72. The minimum atomic E-state index is -4.38. The van der Waals surface area contributed by atoms with E-state index in [4.69, 9.17) is 0 Å². The molecule has 5 heteroatoms. The summed E-state index contributed by atoms with van der Waals surface area (Å²) >= 11 is 0. The number of alkyl halides is 3. The van der Waals surface area contributed by atoms with E-state index in [1.54, 1.807) is 30.3 Å². The monoisotopic (exact) mass is 338 g/mol. The van der Waals surface area contributed by atoms with Gasteiger partial charge >= 0.3 is 6.18 Å². The highest BCUT2D eigenvalue weighted by molar-refractivity contribution is 5.80. The van der Waals surface area contributed by atoms with Gasteiger partial charge in [0.1, 0.15) is 5.82 Å². The lowest BCUT2D eigenvalue weighted by atomic mass is 9.98. The summed E-state index contributed by atoms with van der Waals surface area (Å²) in [6.45, 7) is 0. The Labute approximate surface area is 142 Å². The van der Waals surface area contributed by atoms with Crippen LogP contribution in [-0.4, -0.2) is 9.97 Å². The summed E-state index contributed by atoms with van der Waals surface area (Å²) in [6, 6.07) is 20.2. The normalized spacial score (nSPS) is 11.8. The molecule has 0 spiro atoms. The number of benzene rings is 3. The number of nitrogens with one attached hydrogen (secondary N) is 1. The molecule has 0 atom stereocenters. The zero-order chi connectivity index (χ0) is 17.4. The van der Waals surface area contributed by atoms with E-state index >= 15 is 0 Å². The van der Waals surface area contributed by atoms with Crippen LogP contribution in [-0.2, 0) is 6.18 Å². The number of hydrogen-bond donors (Lipinski definition) is 1. The van der Waals surface area contributed by atoms with Gasteiger partial charge in [-0.2, -0.15) is 13.2 Å². The van der Waals surface area contributed by atoms with Crippen molar-refractivity contribution in [3.63, 3.8) is 0 Å². The summed E-state index contributed by atoms with van der Waals surface area (Å²) in [7, 11) is 0. The van der Waals surface area contributed by atoms with Crippen LogP contribution in [0, 0.1) is 0 Å². The van der Waals surface area contributed by atoms with Gasteiger partial charge in [-0.05, 0) is 29.3 Å². The van der Waals surface area contributed by atoms with Crippen molar-refractivity contribution < 1.29 is 13.2 Å². The van der Waals surface area contributed by atoms with Crippen molar-refractivity contribution in [2.24, 2.45) is 0 Å². The van der Waals surface area contributed by atoms with Gasteiger partial charge in [-0.15, -0.1) is 0 Å². The fraction of sp³-hybridized carbons (Fsp3) is 0.0500. The second kappa shape index (κ2) is 5.77. The fourth-order valence-electron chi connectivity index (χ4n) is 2.88. The number of imidazole rings is 1. The highest BCUT2D eigenvalue weighted by Crippen LogP contribution is 2.37. The van der Waals surface area contributed by atoms with Crippen LogP contribution in [0.1, 0.15) is 5.56 Å². The highest BCUT2D eigenvalue weighted by Gasteiger charge is 2.33. The lowest BCUT2D eigenvalue weighted by Gasteiger charge is -2.13. The van der Waals surface area contributed by atoms with Crippen molar-refractivity contribution in [1.82, 2.24) is 9.97 Å². The van der Waals surface area contributed by atoms with Crippen molar-refractivity contribution >= 4 is 11.0 Å². The number of aromatic amines is 1. The number of nitrogens with zero attached hydrogens (tertiary/aromatic N) is 1. The van der Waals surface area contributed by atoms with E-state index in [1.165, 1.54) is 12.1 Å². The van der Waals surface area contributed by atoms with E-state index in [-0.39, 0.29) is 5.56 Å². The summed E-state index contributed by atoms with van der Waals surface area (Å²) in [5.74, 6) is 0.692. The summed E-state index contributed by atoms with van der Waals surface area (Å²) in [5.41, 5.74) is 2.66. The zero-order valence-corrected chi connectivity index (χ0v) is 13.0. The van der Waals surface area contributed by atoms with Crippen LogP contribution in [0.4, 0.5) is 13.2 Å². The van der Waals surface area contributed by atoms with Gasteiger partial charge in [0.05, 0.1) is 16.6 Å². The molecule has 0 aliphatic carbocycles. The molecule has 0 fully saturated rings. The Morgan fingerprint density at radius 1 is 0.720 bits per heavy atom. The number of fused-ring (bicyclic) bond motifs is 1. The Morgan fingerprint density at radius 3 is 2.08 bits per heavy atom. The first-order valence-electron chi connectivity index (χ1n) is 7.74. The van der Waals surface area contributed by atoms with Crippen molar-refractivity contribution in [3.05, 3.63) is 78.4 Å². The lowest BCUT2D eigenvalue weighted by Crippen LogP contribution is -2.06. The molecule has 0 aliphatic rings. The van der Waals surface area contributed by atoms with Crippen LogP contribution in [0.2, 0.25) is 0 Å². The molecule has 1 aromatic heterocycles. The third-order valence-corrected chi connectivity index (χ3v) is 4.09. The molecule has 2 nitrogen and oxygen atoms in total. The fourth-order valence-corrected chi connectivity index (χ4v) is 2.88. The first-order valence-corrected chi connectivity index (χ1v) is 7.74. The van der Waals surface area contributed by atoms with E-state index in [0.29, 0.717) is 11.4 Å². The SMILES string of the molecule is FC(F)(F)c1ccccc1-c1ccc(-c2nc3ccccc3[nH]2)cc1. The van der Waals surface area contributed by atoms with Gasteiger partial charge < -0.3 is 4.98 Å². The largest absolute Gasteiger partial charge is 0.417 e. The second-order valence-corrected chi connectivity index (χ2v) is 5.72. The maximum Gasteiger partial charge on any atom is 0.417 e. The predicted octanol–water partition coefficient (Wildman–Crippen LogP) is 5.92. The third-order valence-electron chi connectivity index (χ3n) is 4.09. The highest BCUT2D eigenvalue weighted by atomic mass is 19.4. The molecule has 0 unspecified atom stereocenters. The summed E-state index contributed by atoms with van der Waals surface area (Å²) in [6.07, 6.45) is -4.38. The molecule has 0 aliphatic heterocycles. The summed E-state index contributed by atoms with van der Waals surface area (Å²) in [5, 5.41) is 0. The van der Waals surface area contributed by atoms with Crippen LogP contribution in [0.3, 0.4) is 0 Å². The van der Waals surface area contributed by atoms with Crippen LogP contribution in [0.25, 0.3) is 33.5 Å². The molecule has 4 aromatic rings. The molecule has 0 bridgehead atoms. The summed E-state index contributed by atoms with van der Waals surface area (Å²) in [4.78, 5) is 7.72. The number of rotatable bonds is 2. The maximum atomic E-state index is 13.2. The van der Waals surface area contributed by atoms with Crippen LogP contribution in [0.5, 0.6) is 0 Å². The molecule has 0 amide bonds. The van der Waals surface area contributed by atoms with Crippen LogP contribution < -0.4 is 0 Å². The van der Waals surface area contributed by atoms with E-state index in [2.05, 4.69) is 9.97 Å². The Balaban J connectivity index is 1.74. The van der Waals surface area contributed by atoms with Gasteiger partial charge in [-0.1, -0.05) is 54.6 Å². The Morgan fingerprint density at radius 2 is 1.36 bits per heavy atom. The molecular formula is C20H13F3N2. The van der Waals surface area contributed by atoms with Gasteiger partial charge in [0.25, 0.3) is 0 Å². The van der Waals surface area contributed by atoms with Gasteiger partial charge in [0.2, 0.25) is 0 Å². The molecule has 4 rings (SSSR count). The van der Waals surface area contributed by atoms with Gasteiger partial charge in [-0.3, -0.25) is 0 Å². The van der Waals surface area contributed by atoms with E-state index in [0.717, 1.165) is 22.7 Å². The molecule has 3 aromatic carbocycles. The lowest BCUT2D eigenvalue weighted by molar-refractivity contribution is -0.137. The summed E-state index contributed by atoms with van der Waals surface area (Å²) < 4.78 is 39.5. The average Bonchev–Trinajstić information content (AvgIpc) is 3.05. The third kappa shape index (κ3) is 2.89. The van der Waals surface area contributed by atoms with Crippen molar-refractivity contribution in [2.45, 2.75) is 6.18 Å². The number of H-pyrrole nitrogens is 1. The minimum Gasteiger partial charge on any atom is -0.338 e. The molecule has 25 heavy (non-hydrogen) atoms. The smallest absolute Gasteiger partial charge is 0.338 e. The molecule has 124 valence electrons. The number of aromatic nitrogens is 2. The average molecular weight is 338 g/mol. The molecule has 0 saturated heterocycles. The van der Waals surface area contributed by atoms with Gasteiger partial charge in [0.15, 0.2) is 0 Å². The van der Waals surface area contributed by atoms with E-state index in [1.807, 2.05) is 24.3 Å². The molecule has 1 N–H and O–H groups in total. The van der Waals surface area contributed by atoms with Crippen molar-refractivity contribution in [2.75, 3.05) is 0 Å². The molecular weight excluding hydrogens is 325 g/mol. The van der Waals surface area contributed by atoms with Gasteiger partial charge in [-0.25, -0.2) is 4.98 Å². The first-order chi connectivity index (χ1) is 12.0. The molecule has 0 radical (unpaired) electrons. The Bertz CT molecular complexity index is 998. The van der Waals surface area contributed by atoms with Crippen molar-refractivity contribution in [1.29, 1.82) is 0 Å². The Kier molecular flexibility index (Phi) is 3.57. The van der Waals surface area contributed by atoms with Crippen molar-refractivity contribution in [3.8, 4) is 22.5 Å². The maximum absolute atomic E-state index is 13.2. The topological polar surface area (TPSA) is 28.7 Å². The number of hydrogen-bond acceptors (Lipinski definition) is 1. The minimum absolute atomic E-state index is 0.172.